The lowest BCUT2D eigenvalue weighted by Gasteiger charge is -2.24. The van der Waals surface area contributed by atoms with Gasteiger partial charge < -0.3 is 14.4 Å². The highest BCUT2D eigenvalue weighted by molar-refractivity contribution is 6.30. The number of nitrogens with zero attached hydrogens (tertiary/aromatic N) is 3. The summed E-state index contributed by atoms with van der Waals surface area (Å²) < 4.78 is 13.3. The summed E-state index contributed by atoms with van der Waals surface area (Å²) in [6, 6.07) is 16.9. The maximum absolute atomic E-state index is 12.8. The summed E-state index contributed by atoms with van der Waals surface area (Å²) in [7, 11) is 1.63. The van der Waals surface area contributed by atoms with Crippen LogP contribution in [0.25, 0.3) is 5.69 Å². The molecule has 7 heteroatoms. The molecule has 0 aliphatic rings. The second kappa shape index (κ2) is 10.5. The maximum Gasteiger partial charge on any atom is 0.227 e. The average Bonchev–Trinajstić information content (AvgIpc) is 3.06. The third kappa shape index (κ3) is 5.66. The number of hydrogen-bond acceptors (Lipinski definition) is 4. The van der Waals surface area contributed by atoms with Gasteiger partial charge in [-0.25, -0.2) is 4.68 Å². The number of halogens is 1. The third-order valence-electron chi connectivity index (χ3n) is 4.89. The standard InChI is InChI=1S/C24H28ClN3O3/c1-17(2)23(29)27(14-15-30-4)16-22-18(3)26-28(20-12-10-19(25)11-13-20)24(22)31-21-8-6-5-7-9-21/h5-13,17H,14-16H2,1-4H3. The van der Waals surface area contributed by atoms with Crippen LogP contribution in [0.1, 0.15) is 25.1 Å². The Morgan fingerprint density at radius 2 is 1.81 bits per heavy atom. The number of rotatable bonds is 9. The molecule has 1 heterocycles. The van der Waals surface area contributed by atoms with Crippen LogP contribution in [0.4, 0.5) is 0 Å². The quantitative estimate of drug-likeness (QED) is 0.454. The minimum atomic E-state index is -0.123. The molecule has 1 amide bonds. The predicted molar refractivity (Wildman–Crippen MR) is 122 cm³/mol. The lowest BCUT2D eigenvalue weighted by atomic mass is 10.1. The van der Waals surface area contributed by atoms with Gasteiger partial charge in [-0.05, 0) is 43.3 Å². The number of benzene rings is 2. The number of carbonyl (C=O) groups is 1. The molecule has 0 saturated carbocycles. The Kier molecular flexibility index (Phi) is 7.71. The van der Waals surface area contributed by atoms with E-state index in [0.717, 1.165) is 16.9 Å². The van der Waals surface area contributed by atoms with Crippen molar-refractivity contribution in [2.45, 2.75) is 27.3 Å². The van der Waals surface area contributed by atoms with Crippen molar-refractivity contribution >= 4 is 17.5 Å². The lowest BCUT2D eigenvalue weighted by molar-refractivity contribution is -0.135. The molecule has 0 fully saturated rings. The van der Waals surface area contributed by atoms with Crippen molar-refractivity contribution in [1.82, 2.24) is 14.7 Å². The second-order valence-electron chi connectivity index (χ2n) is 7.58. The van der Waals surface area contributed by atoms with E-state index in [1.54, 1.807) is 16.7 Å². The normalized spacial score (nSPS) is 11.0. The topological polar surface area (TPSA) is 56.6 Å². The smallest absolute Gasteiger partial charge is 0.227 e. The molecule has 2 aromatic carbocycles. The molecule has 0 N–H and O–H groups in total. The van der Waals surface area contributed by atoms with Gasteiger partial charge in [0.25, 0.3) is 0 Å². The summed E-state index contributed by atoms with van der Waals surface area (Å²) in [6.45, 7) is 7.04. The molecule has 0 spiro atoms. The fourth-order valence-corrected chi connectivity index (χ4v) is 3.33. The number of hydrogen-bond donors (Lipinski definition) is 0. The van der Waals surface area contributed by atoms with E-state index in [9.17, 15) is 4.79 Å². The van der Waals surface area contributed by atoms with Crippen LogP contribution in [0.2, 0.25) is 5.02 Å². The first-order chi connectivity index (χ1) is 14.9. The molecule has 3 rings (SSSR count). The Hall–Kier alpha value is -2.83. The van der Waals surface area contributed by atoms with Gasteiger partial charge in [0.05, 0.1) is 30.1 Å². The zero-order valence-corrected chi connectivity index (χ0v) is 19.1. The largest absolute Gasteiger partial charge is 0.439 e. The van der Waals surface area contributed by atoms with E-state index in [-0.39, 0.29) is 11.8 Å². The Bertz CT molecular complexity index is 1000. The Balaban J connectivity index is 2.05. The number of carbonyl (C=O) groups excluding carboxylic acids is 1. The van der Waals surface area contributed by atoms with Crippen LogP contribution in [-0.4, -0.2) is 40.8 Å². The van der Waals surface area contributed by atoms with E-state index >= 15 is 0 Å². The molecule has 0 unspecified atom stereocenters. The fourth-order valence-electron chi connectivity index (χ4n) is 3.21. The highest BCUT2D eigenvalue weighted by Gasteiger charge is 2.24. The van der Waals surface area contributed by atoms with Crippen LogP contribution in [0.3, 0.4) is 0 Å². The van der Waals surface area contributed by atoms with Crippen molar-refractivity contribution < 1.29 is 14.3 Å². The number of aromatic nitrogens is 2. The molecule has 0 atom stereocenters. The van der Waals surface area contributed by atoms with Crippen molar-refractivity contribution in [2.24, 2.45) is 5.92 Å². The minimum Gasteiger partial charge on any atom is -0.439 e. The van der Waals surface area contributed by atoms with E-state index in [2.05, 4.69) is 0 Å². The van der Waals surface area contributed by atoms with E-state index in [4.69, 9.17) is 26.2 Å². The second-order valence-corrected chi connectivity index (χ2v) is 8.02. The predicted octanol–water partition coefficient (Wildman–Crippen LogP) is 5.26. The Morgan fingerprint density at radius 1 is 1.13 bits per heavy atom. The van der Waals surface area contributed by atoms with Gasteiger partial charge in [0.15, 0.2) is 0 Å². The number of para-hydroxylation sites is 1. The molecule has 0 aliphatic carbocycles. The van der Waals surface area contributed by atoms with Crippen LogP contribution in [0, 0.1) is 12.8 Å². The first-order valence-electron chi connectivity index (χ1n) is 10.3. The molecule has 0 bridgehead atoms. The van der Waals surface area contributed by atoms with Crippen molar-refractivity contribution in [3.05, 3.63) is 70.9 Å². The average molecular weight is 442 g/mol. The summed E-state index contributed by atoms with van der Waals surface area (Å²) in [5.74, 6) is 1.20. The Morgan fingerprint density at radius 3 is 2.42 bits per heavy atom. The molecular weight excluding hydrogens is 414 g/mol. The van der Waals surface area contributed by atoms with Gasteiger partial charge in [0.1, 0.15) is 5.75 Å². The van der Waals surface area contributed by atoms with Gasteiger partial charge in [-0.3, -0.25) is 4.79 Å². The van der Waals surface area contributed by atoms with Gasteiger partial charge in [-0.15, -0.1) is 0 Å². The molecular formula is C24H28ClN3O3. The number of amides is 1. The zero-order valence-electron chi connectivity index (χ0n) is 18.3. The summed E-state index contributed by atoms with van der Waals surface area (Å²) in [5.41, 5.74) is 2.46. The van der Waals surface area contributed by atoms with E-state index in [1.165, 1.54) is 0 Å². The summed E-state index contributed by atoms with van der Waals surface area (Å²) in [4.78, 5) is 14.6. The van der Waals surface area contributed by atoms with Crippen LogP contribution in [0.5, 0.6) is 11.6 Å². The van der Waals surface area contributed by atoms with Crippen molar-refractivity contribution in [2.75, 3.05) is 20.3 Å². The Labute approximate surface area is 188 Å². The lowest BCUT2D eigenvalue weighted by Crippen LogP contribution is -2.36. The van der Waals surface area contributed by atoms with E-state index in [1.807, 2.05) is 75.4 Å². The summed E-state index contributed by atoms with van der Waals surface area (Å²) in [6.07, 6.45) is 0. The molecule has 31 heavy (non-hydrogen) atoms. The van der Waals surface area contributed by atoms with Gasteiger partial charge in [-0.2, -0.15) is 5.10 Å². The fraction of sp³-hybridized carbons (Fsp3) is 0.333. The summed E-state index contributed by atoms with van der Waals surface area (Å²) >= 11 is 6.07. The summed E-state index contributed by atoms with van der Waals surface area (Å²) in [5, 5.41) is 5.37. The van der Waals surface area contributed by atoms with Crippen molar-refractivity contribution in [1.29, 1.82) is 0 Å². The maximum atomic E-state index is 12.8. The van der Waals surface area contributed by atoms with Gasteiger partial charge in [0, 0.05) is 24.6 Å². The molecule has 6 nitrogen and oxygen atoms in total. The molecule has 1 aromatic heterocycles. The highest BCUT2D eigenvalue weighted by Crippen LogP contribution is 2.32. The number of methoxy groups -OCH3 is 1. The van der Waals surface area contributed by atoms with E-state index in [0.29, 0.717) is 36.3 Å². The van der Waals surface area contributed by atoms with Crippen LogP contribution < -0.4 is 4.74 Å². The minimum absolute atomic E-state index is 0.0568. The molecule has 0 aliphatic heterocycles. The first-order valence-corrected chi connectivity index (χ1v) is 10.6. The van der Waals surface area contributed by atoms with Gasteiger partial charge in [0.2, 0.25) is 11.8 Å². The molecule has 0 saturated heterocycles. The SMILES string of the molecule is COCCN(Cc1c(C)nn(-c2ccc(Cl)cc2)c1Oc1ccccc1)C(=O)C(C)C. The van der Waals surface area contributed by atoms with Crippen LogP contribution in [0.15, 0.2) is 54.6 Å². The molecule has 3 aromatic rings. The van der Waals surface area contributed by atoms with Crippen LogP contribution >= 0.6 is 11.6 Å². The van der Waals surface area contributed by atoms with Crippen LogP contribution in [-0.2, 0) is 16.1 Å². The molecule has 164 valence electrons. The van der Waals surface area contributed by atoms with Gasteiger partial charge >= 0.3 is 0 Å². The molecule has 0 radical (unpaired) electrons. The van der Waals surface area contributed by atoms with Crippen molar-refractivity contribution in [3.63, 3.8) is 0 Å². The van der Waals surface area contributed by atoms with Crippen molar-refractivity contribution in [3.8, 4) is 17.3 Å². The van der Waals surface area contributed by atoms with Gasteiger partial charge in [-0.1, -0.05) is 43.6 Å². The van der Waals surface area contributed by atoms with E-state index < -0.39 is 0 Å². The zero-order chi connectivity index (χ0) is 22.4. The third-order valence-corrected chi connectivity index (χ3v) is 5.14. The highest BCUT2D eigenvalue weighted by atomic mass is 35.5. The number of aryl methyl sites for hydroxylation is 1. The number of ether oxygens (including phenoxy) is 2. The first kappa shape index (κ1) is 22.8. The monoisotopic (exact) mass is 441 g/mol.